The van der Waals surface area contributed by atoms with Crippen molar-refractivity contribution in [2.45, 2.75) is 39.2 Å². The third-order valence-electron chi connectivity index (χ3n) is 6.84. The summed E-state index contributed by atoms with van der Waals surface area (Å²) >= 11 is 0. The smallest absolute Gasteiger partial charge is 0.227 e. The zero-order chi connectivity index (χ0) is 22.7. The molecule has 0 fully saturated rings. The van der Waals surface area contributed by atoms with E-state index >= 15 is 0 Å². The Morgan fingerprint density at radius 1 is 0.909 bits per heavy atom. The molecule has 164 valence electrons. The molecule has 0 N–H and O–H groups in total. The summed E-state index contributed by atoms with van der Waals surface area (Å²) in [7, 11) is 0. The van der Waals surface area contributed by atoms with Crippen LogP contribution in [-0.2, 0) is 10.2 Å². The molecule has 6 rings (SSSR count). The molecule has 2 aromatic heterocycles. The minimum atomic E-state index is 0.00920. The molecular weight excluding hydrogens is 406 g/mol. The van der Waals surface area contributed by atoms with Crippen LogP contribution in [0.15, 0.2) is 89.1 Å². The van der Waals surface area contributed by atoms with Crippen LogP contribution in [0.1, 0.15) is 38.8 Å². The van der Waals surface area contributed by atoms with Gasteiger partial charge < -0.3 is 9.15 Å². The minimum Gasteiger partial charge on any atom is -0.485 e. The second-order valence-electron chi connectivity index (χ2n) is 10.1. The molecule has 2 unspecified atom stereocenters. The zero-order valence-electron chi connectivity index (χ0n) is 19.4. The van der Waals surface area contributed by atoms with E-state index in [0.717, 1.165) is 28.0 Å². The number of benzene rings is 2. The van der Waals surface area contributed by atoms with Gasteiger partial charge in [-0.1, -0.05) is 63.3 Å². The van der Waals surface area contributed by atoms with Crippen LogP contribution < -0.4 is 0 Å². The molecule has 4 aromatic rings. The van der Waals surface area contributed by atoms with Crippen molar-refractivity contribution in [1.29, 1.82) is 0 Å². The van der Waals surface area contributed by atoms with Gasteiger partial charge in [0.2, 0.25) is 5.71 Å². The number of hydrogen-bond donors (Lipinski definition) is 0. The first-order chi connectivity index (χ1) is 15.9. The predicted octanol–water partition coefficient (Wildman–Crippen LogP) is 7.82. The normalized spacial score (nSPS) is 20.0. The summed E-state index contributed by atoms with van der Waals surface area (Å²) in [6.45, 7) is 8.95. The molecular formula is C30H27NO2. The molecule has 2 aliphatic rings. The van der Waals surface area contributed by atoms with Gasteiger partial charge >= 0.3 is 0 Å². The average molecular weight is 434 g/mol. The molecule has 0 radical (unpaired) electrons. The monoisotopic (exact) mass is 433 g/mol. The van der Waals surface area contributed by atoms with Crippen molar-refractivity contribution in [2.24, 2.45) is 5.92 Å². The molecule has 2 aromatic carbocycles. The lowest BCUT2D eigenvalue weighted by Gasteiger charge is -2.23. The van der Waals surface area contributed by atoms with E-state index in [9.17, 15) is 0 Å². The van der Waals surface area contributed by atoms with E-state index in [2.05, 4.69) is 94.5 Å². The van der Waals surface area contributed by atoms with Crippen LogP contribution in [0, 0.1) is 5.92 Å². The first-order valence-corrected chi connectivity index (χ1v) is 11.5. The second-order valence-corrected chi connectivity index (χ2v) is 10.1. The van der Waals surface area contributed by atoms with Crippen LogP contribution in [-0.4, -0.2) is 11.1 Å². The molecule has 0 spiro atoms. The van der Waals surface area contributed by atoms with Gasteiger partial charge in [0.1, 0.15) is 11.9 Å². The molecule has 0 bridgehead atoms. The first kappa shape index (κ1) is 20.0. The fourth-order valence-electron chi connectivity index (χ4n) is 5.11. The highest BCUT2D eigenvalue weighted by atomic mass is 16.5. The Kier molecular flexibility index (Phi) is 4.38. The SMILES string of the molecule is CC1=C(c2cc(-c3cc(C(C)(C)C)c4ccccc4c3)nc3occc23)OC2C=CC=CC12. The number of allylic oxidation sites excluding steroid dienone is 2. The highest BCUT2D eigenvalue weighted by molar-refractivity contribution is 5.94. The summed E-state index contributed by atoms with van der Waals surface area (Å²) in [6.07, 6.45) is 10.3. The lowest BCUT2D eigenvalue weighted by Crippen LogP contribution is -2.15. The van der Waals surface area contributed by atoms with Crippen molar-refractivity contribution >= 4 is 27.6 Å². The summed E-state index contributed by atoms with van der Waals surface area (Å²) < 4.78 is 12.3. The van der Waals surface area contributed by atoms with Crippen molar-refractivity contribution in [3.63, 3.8) is 0 Å². The van der Waals surface area contributed by atoms with Crippen LogP contribution >= 0.6 is 0 Å². The van der Waals surface area contributed by atoms with Gasteiger partial charge in [0.05, 0.1) is 17.3 Å². The summed E-state index contributed by atoms with van der Waals surface area (Å²) in [4.78, 5) is 4.91. The fourth-order valence-corrected chi connectivity index (χ4v) is 5.11. The van der Waals surface area contributed by atoms with E-state index < -0.39 is 0 Å². The number of fused-ring (bicyclic) bond motifs is 3. The fraction of sp³-hybridized carbons (Fsp3) is 0.233. The summed E-state index contributed by atoms with van der Waals surface area (Å²) in [6, 6.07) is 17.2. The van der Waals surface area contributed by atoms with Crippen LogP contribution in [0.3, 0.4) is 0 Å². The largest absolute Gasteiger partial charge is 0.485 e. The second kappa shape index (κ2) is 7.21. The third kappa shape index (κ3) is 3.22. The molecule has 3 heteroatoms. The van der Waals surface area contributed by atoms with Gasteiger partial charge in [0, 0.05) is 17.0 Å². The van der Waals surface area contributed by atoms with Gasteiger partial charge in [0.25, 0.3) is 0 Å². The topological polar surface area (TPSA) is 35.3 Å². The van der Waals surface area contributed by atoms with Gasteiger partial charge in [-0.2, -0.15) is 0 Å². The number of nitrogens with zero attached hydrogens (tertiary/aromatic N) is 1. The predicted molar refractivity (Wildman–Crippen MR) is 135 cm³/mol. The molecule has 3 heterocycles. The van der Waals surface area contributed by atoms with Gasteiger partial charge in [-0.05, 0) is 64.6 Å². The Balaban J connectivity index is 1.57. The summed E-state index contributed by atoms with van der Waals surface area (Å²) in [5, 5.41) is 3.49. The van der Waals surface area contributed by atoms with Crippen molar-refractivity contribution in [3.8, 4) is 11.3 Å². The van der Waals surface area contributed by atoms with Gasteiger partial charge in [0.15, 0.2) is 0 Å². The standard InChI is InChI=1S/C30H27NO2/c1-18-21-10-7-8-12-27(21)33-28(18)24-17-26(31-29-23(24)13-14-32-29)20-15-19-9-5-6-11-22(19)25(16-20)30(2,3)4/h5-17,21,27H,1-4H3. The third-order valence-corrected chi connectivity index (χ3v) is 6.84. The van der Waals surface area contributed by atoms with Gasteiger partial charge in [-0.25, -0.2) is 4.98 Å². The average Bonchev–Trinajstić information content (AvgIpc) is 3.42. The van der Waals surface area contributed by atoms with E-state index in [4.69, 9.17) is 14.1 Å². The summed E-state index contributed by atoms with van der Waals surface area (Å²) in [5.74, 6) is 1.21. The molecule has 1 aliphatic heterocycles. The Bertz CT molecular complexity index is 1490. The molecule has 1 aliphatic carbocycles. The van der Waals surface area contributed by atoms with E-state index in [1.165, 1.54) is 21.9 Å². The Labute approximate surface area is 194 Å². The highest BCUT2D eigenvalue weighted by Gasteiger charge is 2.33. The van der Waals surface area contributed by atoms with E-state index in [0.29, 0.717) is 5.71 Å². The Hall–Kier alpha value is -3.59. The highest BCUT2D eigenvalue weighted by Crippen LogP contribution is 2.43. The first-order valence-electron chi connectivity index (χ1n) is 11.5. The van der Waals surface area contributed by atoms with Crippen molar-refractivity contribution in [2.75, 3.05) is 0 Å². The molecule has 0 amide bonds. The quantitative estimate of drug-likeness (QED) is 0.323. The maximum Gasteiger partial charge on any atom is 0.227 e. The zero-order valence-corrected chi connectivity index (χ0v) is 19.4. The lowest BCUT2D eigenvalue weighted by molar-refractivity contribution is 0.212. The number of hydrogen-bond acceptors (Lipinski definition) is 3. The number of ether oxygens (including phenoxy) is 1. The molecule has 2 atom stereocenters. The molecule has 3 nitrogen and oxygen atoms in total. The number of furan rings is 1. The lowest BCUT2D eigenvalue weighted by atomic mass is 9.82. The van der Waals surface area contributed by atoms with Gasteiger partial charge in [-0.3, -0.25) is 0 Å². The number of aromatic nitrogens is 1. The minimum absolute atomic E-state index is 0.00920. The van der Waals surface area contributed by atoms with E-state index in [-0.39, 0.29) is 17.4 Å². The number of pyridine rings is 1. The maximum atomic E-state index is 6.45. The Morgan fingerprint density at radius 2 is 1.73 bits per heavy atom. The van der Waals surface area contributed by atoms with Crippen LogP contribution in [0.5, 0.6) is 0 Å². The van der Waals surface area contributed by atoms with Crippen LogP contribution in [0.4, 0.5) is 0 Å². The summed E-state index contributed by atoms with van der Waals surface area (Å²) in [5.41, 5.74) is 6.23. The van der Waals surface area contributed by atoms with Gasteiger partial charge in [-0.15, -0.1) is 0 Å². The molecule has 0 saturated heterocycles. The van der Waals surface area contributed by atoms with Crippen molar-refractivity contribution in [1.82, 2.24) is 4.98 Å². The molecule has 0 saturated carbocycles. The van der Waals surface area contributed by atoms with Crippen molar-refractivity contribution < 1.29 is 9.15 Å². The Morgan fingerprint density at radius 3 is 2.55 bits per heavy atom. The van der Waals surface area contributed by atoms with Crippen LogP contribution in [0.25, 0.3) is 38.9 Å². The van der Waals surface area contributed by atoms with Crippen LogP contribution in [0.2, 0.25) is 0 Å². The van der Waals surface area contributed by atoms with E-state index in [1.807, 2.05) is 6.07 Å². The van der Waals surface area contributed by atoms with E-state index in [1.54, 1.807) is 6.26 Å². The maximum absolute atomic E-state index is 6.45. The molecule has 33 heavy (non-hydrogen) atoms. The number of rotatable bonds is 2. The van der Waals surface area contributed by atoms with Crippen molar-refractivity contribution in [3.05, 3.63) is 95.8 Å².